The molecule has 12 heteroatoms. The number of hydrogen-bond donors (Lipinski definition) is 1. The summed E-state index contributed by atoms with van der Waals surface area (Å²) in [6, 6.07) is 2.16. The van der Waals surface area contributed by atoms with E-state index in [0.717, 1.165) is 111 Å². The Bertz CT molecular complexity index is 1640. The molecule has 250 valence electrons. The van der Waals surface area contributed by atoms with Gasteiger partial charge in [-0.2, -0.15) is 10.2 Å². The monoisotopic (exact) mass is 671 g/mol. The third-order valence-electron chi connectivity index (χ3n) is 10.7. The summed E-state index contributed by atoms with van der Waals surface area (Å²) in [5.41, 5.74) is 3.41. The average molecular weight is 673 g/mol. The number of halogens is 2. The third-order valence-corrected chi connectivity index (χ3v) is 11.5. The lowest BCUT2D eigenvalue weighted by molar-refractivity contribution is -0.0930. The van der Waals surface area contributed by atoms with Crippen molar-refractivity contribution in [3.63, 3.8) is 0 Å². The molecule has 5 heterocycles. The number of fused-ring (bicyclic) bond motifs is 1. The Balaban J connectivity index is 1.28. The van der Waals surface area contributed by atoms with Gasteiger partial charge in [0.1, 0.15) is 5.60 Å². The van der Waals surface area contributed by atoms with Gasteiger partial charge >= 0.3 is 6.09 Å². The first kappa shape index (κ1) is 32.0. The van der Waals surface area contributed by atoms with Crippen LogP contribution in [0.4, 0.5) is 10.6 Å². The number of amides is 1. The van der Waals surface area contributed by atoms with Crippen molar-refractivity contribution in [1.82, 2.24) is 29.8 Å². The van der Waals surface area contributed by atoms with Crippen LogP contribution in [0, 0.1) is 12.3 Å². The normalized spacial score (nSPS) is 25.2. The molecule has 1 aliphatic carbocycles. The van der Waals surface area contributed by atoms with Crippen LogP contribution < -0.4 is 10.2 Å². The number of rotatable bonds is 5. The quantitative estimate of drug-likeness (QED) is 0.303. The lowest BCUT2D eigenvalue weighted by Crippen LogP contribution is -2.64. The van der Waals surface area contributed by atoms with E-state index in [2.05, 4.69) is 35.7 Å². The van der Waals surface area contributed by atoms with Gasteiger partial charge in [-0.25, -0.2) is 9.48 Å². The standard InChI is InChI=1S/C34H47Cl2N7O3/c1-7-33(6)18-37-11-12-41(33)30-27(28-23-17-38-43(26-10-8-9-13-45-26)25(23)14-24(35)29(28)36)21(2)42(39-30)22-15-34(16-22)19-40(20-34)31(44)46-32(3,4)5/h14,17,22,26,37H,7-13,15-16,18-20H2,1-6H3/t26?,33-/m0/s1. The Morgan fingerprint density at radius 1 is 1.17 bits per heavy atom. The maximum atomic E-state index is 12.7. The van der Waals surface area contributed by atoms with Crippen molar-refractivity contribution in [1.29, 1.82) is 0 Å². The number of ether oxygens (including phenoxy) is 2. The Kier molecular flexibility index (Phi) is 8.05. The summed E-state index contributed by atoms with van der Waals surface area (Å²) in [4.78, 5) is 17.0. The lowest BCUT2D eigenvalue weighted by atomic mass is 9.61. The Morgan fingerprint density at radius 2 is 1.93 bits per heavy atom. The van der Waals surface area contributed by atoms with Crippen LogP contribution in [0.3, 0.4) is 0 Å². The highest BCUT2D eigenvalue weighted by Crippen LogP contribution is 2.56. The highest BCUT2D eigenvalue weighted by Gasteiger charge is 2.56. The second-order valence-corrected chi connectivity index (χ2v) is 16.0. The van der Waals surface area contributed by atoms with Crippen molar-refractivity contribution in [2.75, 3.05) is 44.2 Å². The summed E-state index contributed by atoms with van der Waals surface area (Å²) < 4.78 is 15.9. The summed E-state index contributed by atoms with van der Waals surface area (Å²) in [6.45, 7) is 17.2. The minimum atomic E-state index is -0.495. The zero-order valence-corrected chi connectivity index (χ0v) is 29.5. The molecule has 0 bridgehead atoms. The molecule has 3 saturated heterocycles. The third kappa shape index (κ3) is 5.37. The van der Waals surface area contributed by atoms with Gasteiger partial charge in [-0.3, -0.25) is 4.68 Å². The second-order valence-electron chi connectivity index (χ2n) is 15.2. The van der Waals surface area contributed by atoms with Crippen LogP contribution in [0.25, 0.3) is 22.0 Å². The van der Waals surface area contributed by atoms with Gasteiger partial charge in [-0.1, -0.05) is 30.1 Å². The molecule has 1 aromatic carbocycles. The van der Waals surface area contributed by atoms with E-state index in [1.165, 1.54) is 0 Å². The molecule has 3 aliphatic heterocycles. The number of carbonyl (C=O) groups excluding carboxylic acids is 1. The molecule has 4 fully saturated rings. The first-order chi connectivity index (χ1) is 21.8. The second kappa shape index (κ2) is 11.6. The highest BCUT2D eigenvalue weighted by molar-refractivity contribution is 6.45. The zero-order chi connectivity index (χ0) is 32.6. The molecule has 10 nitrogen and oxygen atoms in total. The smallest absolute Gasteiger partial charge is 0.410 e. The summed E-state index contributed by atoms with van der Waals surface area (Å²) in [7, 11) is 0. The van der Waals surface area contributed by atoms with Gasteiger partial charge in [-0.05, 0) is 79.2 Å². The summed E-state index contributed by atoms with van der Waals surface area (Å²) in [6.07, 6.45) is 7.56. The SMILES string of the molecule is CC[C@@]1(C)CNCCN1c1nn(C2CC3(C2)CN(C(=O)OC(C)(C)C)C3)c(C)c1-c1c(Cl)c(Cl)cc2c1cnn2C1CCCCO1. The van der Waals surface area contributed by atoms with Crippen LogP contribution in [0.2, 0.25) is 10.0 Å². The first-order valence-corrected chi connectivity index (χ1v) is 17.6. The minimum absolute atomic E-state index is 0.119. The van der Waals surface area contributed by atoms with E-state index in [4.69, 9.17) is 42.9 Å². The molecule has 46 heavy (non-hydrogen) atoms. The maximum Gasteiger partial charge on any atom is 0.410 e. The van der Waals surface area contributed by atoms with Gasteiger partial charge in [0.2, 0.25) is 0 Å². The highest BCUT2D eigenvalue weighted by atomic mass is 35.5. The molecule has 1 saturated carbocycles. The van der Waals surface area contributed by atoms with Crippen LogP contribution in [-0.4, -0.2) is 81.0 Å². The van der Waals surface area contributed by atoms with Crippen molar-refractivity contribution in [2.45, 2.75) is 103 Å². The predicted molar refractivity (Wildman–Crippen MR) is 182 cm³/mol. The molecule has 2 atom stereocenters. The summed E-state index contributed by atoms with van der Waals surface area (Å²) >= 11 is 14.1. The van der Waals surface area contributed by atoms with Crippen LogP contribution in [-0.2, 0) is 9.47 Å². The molecular weight excluding hydrogens is 625 g/mol. The van der Waals surface area contributed by atoms with Crippen molar-refractivity contribution in [2.24, 2.45) is 5.41 Å². The number of likely N-dealkylation sites (tertiary alicyclic amines) is 1. The van der Waals surface area contributed by atoms with E-state index in [9.17, 15) is 4.79 Å². The number of piperazine rings is 1. The van der Waals surface area contributed by atoms with Crippen molar-refractivity contribution in [3.8, 4) is 11.1 Å². The van der Waals surface area contributed by atoms with Crippen LogP contribution in [0.1, 0.15) is 91.1 Å². The molecule has 2 aromatic heterocycles. The summed E-state index contributed by atoms with van der Waals surface area (Å²) in [5, 5.41) is 15.8. The first-order valence-electron chi connectivity index (χ1n) is 16.9. The number of carbonyl (C=O) groups is 1. The van der Waals surface area contributed by atoms with Crippen molar-refractivity contribution in [3.05, 3.63) is 28.0 Å². The number of aromatic nitrogens is 4. The van der Waals surface area contributed by atoms with Crippen molar-refractivity contribution >= 4 is 46.0 Å². The molecular formula is C34H47Cl2N7O3. The van der Waals surface area contributed by atoms with Crippen molar-refractivity contribution < 1.29 is 14.3 Å². The fraction of sp³-hybridized carbons (Fsp3) is 0.676. The number of anilines is 1. The van der Waals surface area contributed by atoms with Gasteiger partial charge in [0.25, 0.3) is 0 Å². The number of hydrogen-bond acceptors (Lipinski definition) is 7. The van der Waals surface area contributed by atoms with E-state index >= 15 is 0 Å². The van der Waals surface area contributed by atoms with E-state index < -0.39 is 5.60 Å². The van der Waals surface area contributed by atoms with Crippen LogP contribution in [0.5, 0.6) is 0 Å². The molecule has 4 aliphatic rings. The van der Waals surface area contributed by atoms with Gasteiger partial charge < -0.3 is 24.6 Å². The topological polar surface area (TPSA) is 89.7 Å². The minimum Gasteiger partial charge on any atom is -0.444 e. The van der Waals surface area contributed by atoms with Crippen LogP contribution in [0.15, 0.2) is 12.3 Å². The predicted octanol–water partition coefficient (Wildman–Crippen LogP) is 7.36. The lowest BCUT2D eigenvalue weighted by Gasteiger charge is -2.58. The molecule has 1 N–H and O–H groups in total. The molecule has 0 radical (unpaired) electrons. The van der Waals surface area contributed by atoms with Crippen LogP contribution >= 0.6 is 23.2 Å². The Labute approximate surface area is 281 Å². The van der Waals surface area contributed by atoms with Gasteiger partial charge in [0.05, 0.1) is 33.3 Å². The van der Waals surface area contributed by atoms with E-state index in [0.29, 0.717) is 10.0 Å². The van der Waals surface area contributed by atoms with Gasteiger partial charge in [0.15, 0.2) is 12.0 Å². The number of nitrogens with one attached hydrogen (secondary N) is 1. The number of nitrogens with zero attached hydrogens (tertiary/aromatic N) is 6. The van der Waals surface area contributed by atoms with Gasteiger partial charge in [0, 0.05) is 67.0 Å². The molecule has 1 spiro atoms. The Morgan fingerprint density at radius 3 is 2.61 bits per heavy atom. The molecule has 3 aromatic rings. The Hall–Kier alpha value is -2.53. The van der Waals surface area contributed by atoms with E-state index in [1.54, 1.807) is 0 Å². The van der Waals surface area contributed by atoms with E-state index in [1.807, 2.05) is 42.6 Å². The largest absolute Gasteiger partial charge is 0.444 e. The molecule has 7 rings (SSSR count). The fourth-order valence-corrected chi connectivity index (χ4v) is 8.49. The van der Waals surface area contributed by atoms with Gasteiger partial charge in [-0.15, -0.1) is 0 Å². The molecule has 1 amide bonds. The zero-order valence-electron chi connectivity index (χ0n) is 28.0. The molecule has 1 unspecified atom stereocenters. The average Bonchev–Trinajstić information content (AvgIpc) is 3.53. The number of benzene rings is 1. The fourth-order valence-electron chi connectivity index (χ4n) is 8.04. The van der Waals surface area contributed by atoms with E-state index in [-0.39, 0.29) is 29.3 Å². The maximum absolute atomic E-state index is 12.7. The summed E-state index contributed by atoms with van der Waals surface area (Å²) in [5.74, 6) is 0.945.